The van der Waals surface area contributed by atoms with E-state index < -0.39 is 4.92 Å². The van der Waals surface area contributed by atoms with Crippen LogP contribution in [0.5, 0.6) is 0 Å². The van der Waals surface area contributed by atoms with Crippen molar-refractivity contribution in [1.29, 1.82) is 0 Å². The van der Waals surface area contributed by atoms with Crippen LogP contribution < -0.4 is 5.32 Å². The van der Waals surface area contributed by atoms with Crippen molar-refractivity contribution in [2.75, 3.05) is 11.9 Å². The van der Waals surface area contributed by atoms with Crippen molar-refractivity contribution in [1.82, 2.24) is 15.1 Å². The summed E-state index contributed by atoms with van der Waals surface area (Å²) in [6.07, 6.45) is 1.20. The predicted molar refractivity (Wildman–Crippen MR) is 72.6 cm³/mol. The van der Waals surface area contributed by atoms with Gasteiger partial charge in [0.1, 0.15) is 6.10 Å². The zero-order chi connectivity index (χ0) is 15.2. The lowest BCUT2D eigenvalue weighted by Gasteiger charge is -2.05. The van der Waals surface area contributed by atoms with Crippen molar-refractivity contribution in [3.63, 3.8) is 0 Å². The Kier molecular flexibility index (Phi) is 4.77. The Hall–Kier alpha value is -2.55. The Morgan fingerprint density at radius 2 is 2.38 bits per heavy atom. The summed E-state index contributed by atoms with van der Waals surface area (Å²) >= 11 is 0. The average Bonchev–Trinajstić information content (AvgIpc) is 2.94. The minimum Gasteiger partial charge on any atom is -0.371 e. The zero-order valence-corrected chi connectivity index (χ0v) is 11.6. The van der Waals surface area contributed by atoms with Crippen molar-refractivity contribution >= 4 is 11.5 Å². The molecule has 0 spiro atoms. The van der Waals surface area contributed by atoms with Crippen molar-refractivity contribution < 1.29 is 14.2 Å². The van der Waals surface area contributed by atoms with Crippen LogP contribution in [0.1, 0.15) is 31.7 Å². The molecule has 0 unspecified atom stereocenters. The summed E-state index contributed by atoms with van der Waals surface area (Å²) in [5.41, 5.74) is -0.111. The van der Waals surface area contributed by atoms with E-state index in [1.165, 1.54) is 18.3 Å². The van der Waals surface area contributed by atoms with Gasteiger partial charge in [0.15, 0.2) is 5.82 Å². The van der Waals surface area contributed by atoms with Gasteiger partial charge in [-0.1, -0.05) is 5.16 Å². The largest absolute Gasteiger partial charge is 0.371 e. The van der Waals surface area contributed by atoms with Gasteiger partial charge in [0, 0.05) is 18.9 Å². The molecule has 0 saturated heterocycles. The van der Waals surface area contributed by atoms with Crippen molar-refractivity contribution in [3.05, 3.63) is 40.2 Å². The summed E-state index contributed by atoms with van der Waals surface area (Å²) in [5.74, 6) is 0.890. The molecule has 0 aliphatic heterocycles. The molecule has 0 radical (unpaired) electrons. The third-order valence-corrected chi connectivity index (χ3v) is 2.65. The van der Waals surface area contributed by atoms with Crippen LogP contribution in [-0.2, 0) is 11.3 Å². The number of nitrogens with zero attached hydrogens (tertiary/aromatic N) is 4. The number of hydrogen-bond donors (Lipinski definition) is 1. The van der Waals surface area contributed by atoms with Crippen LogP contribution in [0.4, 0.5) is 11.5 Å². The average molecular weight is 293 g/mol. The highest BCUT2D eigenvalue weighted by atomic mass is 16.6. The minimum atomic E-state index is -0.508. The molecule has 0 aliphatic carbocycles. The maximum atomic E-state index is 10.9. The quantitative estimate of drug-likeness (QED) is 0.609. The van der Waals surface area contributed by atoms with Crippen LogP contribution in [0.3, 0.4) is 0 Å². The molecule has 2 aromatic rings. The maximum Gasteiger partial charge on any atom is 0.311 e. The van der Waals surface area contributed by atoms with Crippen molar-refractivity contribution in [2.45, 2.75) is 26.5 Å². The molecule has 2 rings (SSSR count). The van der Waals surface area contributed by atoms with Crippen LogP contribution in [0, 0.1) is 10.1 Å². The van der Waals surface area contributed by atoms with E-state index in [1.807, 2.05) is 13.8 Å². The molecule has 0 aromatic carbocycles. The lowest BCUT2D eigenvalue weighted by molar-refractivity contribution is -0.384. The predicted octanol–water partition coefficient (Wildman–Crippen LogP) is 2.08. The van der Waals surface area contributed by atoms with E-state index in [2.05, 4.69) is 20.4 Å². The first kappa shape index (κ1) is 14.9. The molecule has 1 N–H and O–H groups in total. The first-order chi connectivity index (χ1) is 10.1. The molecule has 112 valence electrons. The smallest absolute Gasteiger partial charge is 0.311 e. The van der Waals surface area contributed by atoms with Crippen LogP contribution in [0.25, 0.3) is 0 Å². The van der Waals surface area contributed by atoms with E-state index in [0.717, 1.165) is 0 Å². The highest BCUT2D eigenvalue weighted by molar-refractivity contribution is 5.54. The van der Waals surface area contributed by atoms with Gasteiger partial charge in [-0.15, -0.1) is 0 Å². The van der Waals surface area contributed by atoms with Gasteiger partial charge in [-0.05, 0) is 19.9 Å². The SMILES string of the molecule is CCO[C@@H](C)c1noc(CNc2ncccc2[N+](=O)[O-])n1. The molecule has 1 atom stereocenters. The molecule has 0 amide bonds. The molecular formula is C12H15N5O4. The highest BCUT2D eigenvalue weighted by Gasteiger charge is 2.16. The number of hydrogen-bond acceptors (Lipinski definition) is 8. The molecule has 9 heteroatoms. The van der Waals surface area contributed by atoms with Gasteiger partial charge in [0.25, 0.3) is 0 Å². The fraction of sp³-hybridized carbons (Fsp3) is 0.417. The van der Waals surface area contributed by atoms with Crippen molar-refractivity contribution in [2.24, 2.45) is 0 Å². The standard InChI is InChI=1S/C12H15N5O4/c1-3-20-8(2)11-15-10(21-16-11)7-14-12-9(17(18)19)5-4-6-13-12/h4-6,8H,3,7H2,1-2H3,(H,13,14)/t8-/m0/s1. The van der Waals surface area contributed by atoms with E-state index in [4.69, 9.17) is 9.26 Å². The zero-order valence-electron chi connectivity index (χ0n) is 11.6. The molecule has 2 aromatic heterocycles. The summed E-state index contributed by atoms with van der Waals surface area (Å²) in [5, 5.41) is 17.5. The van der Waals surface area contributed by atoms with Gasteiger partial charge in [0.05, 0.1) is 11.5 Å². The first-order valence-corrected chi connectivity index (χ1v) is 6.39. The van der Waals surface area contributed by atoms with Gasteiger partial charge in [-0.25, -0.2) is 4.98 Å². The third-order valence-electron chi connectivity index (χ3n) is 2.65. The molecule has 0 bridgehead atoms. The van der Waals surface area contributed by atoms with Crippen molar-refractivity contribution in [3.8, 4) is 0 Å². The lowest BCUT2D eigenvalue weighted by Crippen LogP contribution is -2.05. The number of rotatable bonds is 7. The molecule has 0 saturated carbocycles. The van der Waals surface area contributed by atoms with E-state index >= 15 is 0 Å². The number of ether oxygens (including phenoxy) is 1. The number of nitro groups is 1. The second-order valence-corrected chi connectivity index (χ2v) is 4.13. The molecule has 0 fully saturated rings. The molecule has 2 heterocycles. The van der Waals surface area contributed by atoms with Gasteiger partial charge in [-0.3, -0.25) is 10.1 Å². The lowest BCUT2D eigenvalue weighted by atomic mass is 10.4. The highest BCUT2D eigenvalue weighted by Crippen LogP contribution is 2.21. The second-order valence-electron chi connectivity index (χ2n) is 4.13. The summed E-state index contributed by atoms with van der Waals surface area (Å²) in [4.78, 5) is 18.4. The Morgan fingerprint density at radius 3 is 3.10 bits per heavy atom. The number of pyridine rings is 1. The van der Waals surface area contributed by atoms with Crippen LogP contribution in [0.15, 0.2) is 22.9 Å². The van der Waals surface area contributed by atoms with Gasteiger partial charge >= 0.3 is 5.69 Å². The Bertz CT molecular complexity index is 615. The summed E-state index contributed by atoms with van der Waals surface area (Å²) in [6, 6.07) is 2.86. The molecular weight excluding hydrogens is 278 g/mol. The number of nitrogens with one attached hydrogen (secondary N) is 1. The van der Waals surface area contributed by atoms with Gasteiger partial charge in [0.2, 0.25) is 11.7 Å². The maximum absolute atomic E-state index is 10.9. The Balaban J connectivity index is 2.02. The van der Waals surface area contributed by atoms with Gasteiger partial charge < -0.3 is 14.6 Å². The van der Waals surface area contributed by atoms with Gasteiger partial charge in [-0.2, -0.15) is 4.98 Å². The molecule has 0 aliphatic rings. The Labute approximate surface area is 120 Å². The fourth-order valence-corrected chi connectivity index (χ4v) is 1.67. The molecule has 9 nitrogen and oxygen atoms in total. The summed E-state index contributed by atoms with van der Waals surface area (Å²) < 4.78 is 10.4. The number of aromatic nitrogens is 3. The minimum absolute atomic E-state index is 0.111. The number of anilines is 1. The monoisotopic (exact) mass is 293 g/mol. The summed E-state index contributed by atoms with van der Waals surface area (Å²) in [6.45, 7) is 4.38. The first-order valence-electron chi connectivity index (χ1n) is 6.39. The van der Waals surface area contributed by atoms with E-state index in [0.29, 0.717) is 18.3 Å². The normalized spacial score (nSPS) is 12.1. The van der Waals surface area contributed by atoms with Crippen LogP contribution in [0.2, 0.25) is 0 Å². The molecule has 21 heavy (non-hydrogen) atoms. The second kappa shape index (κ2) is 6.75. The van der Waals surface area contributed by atoms with Crippen LogP contribution in [-0.4, -0.2) is 26.7 Å². The van der Waals surface area contributed by atoms with E-state index in [9.17, 15) is 10.1 Å². The summed E-state index contributed by atoms with van der Waals surface area (Å²) in [7, 11) is 0. The third kappa shape index (κ3) is 3.72. The van der Waals surface area contributed by atoms with E-state index in [1.54, 1.807) is 0 Å². The van der Waals surface area contributed by atoms with Crippen LogP contribution >= 0.6 is 0 Å². The van der Waals surface area contributed by atoms with E-state index in [-0.39, 0.29) is 24.2 Å². The topological polar surface area (TPSA) is 116 Å². The Morgan fingerprint density at radius 1 is 1.57 bits per heavy atom. The fourth-order valence-electron chi connectivity index (χ4n) is 1.67.